The zero-order chi connectivity index (χ0) is 10.4. The Balaban J connectivity index is 2.75. The van der Waals surface area contributed by atoms with Crippen LogP contribution in [0.25, 0.3) is 0 Å². The molecule has 0 spiro atoms. The first-order valence-electron chi connectivity index (χ1n) is 4.10. The van der Waals surface area contributed by atoms with Crippen LogP contribution in [-0.4, -0.2) is 20.7 Å². The average Bonchev–Trinajstić information content (AvgIpc) is 2.19. The fraction of sp³-hybridized carbons (Fsp3) is 0.222. The number of nitro benzene ring substituents is 1. The van der Waals surface area contributed by atoms with E-state index < -0.39 is 15.8 Å². The molecule has 14 heavy (non-hydrogen) atoms. The molecule has 5 heteroatoms. The first kappa shape index (κ1) is 10.7. The summed E-state index contributed by atoms with van der Waals surface area (Å²) >= 11 is -0.534. The molecule has 0 amide bonds. The molecular formula is C9H9AsN2O2. The Morgan fingerprint density at radius 3 is 2.86 bits per heavy atom. The molecule has 4 nitrogen and oxygen atoms in total. The second-order valence-corrected chi connectivity index (χ2v) is 5.53. The van der Waals surface area contributed by atoms with Crippen molar-refractivity contribution in [3.63, 3.8) is 0 Å². The van der Waals surface area contributed by atoms with Crippen LogP contribution in [0.5, 0.6) is 0 Å². The Hall–Kier alpha value is -1.33. The van der Waals surface area contributed by atoms with Gasteiger partial charge in [0.1, 0.15) is 0 Å². The van der Waals surface area contributed by atoms with Crippen molar-refractivity contribution in [1.82, 2.24) is 0 Å². The number of nitrogens with zero attached hydrogens (tertiary/aromatic N) is 2. The second-order valence-electron chi connectivity index (χ2n) is 2.61. The molecule has 1 aromatic carbocycles. The first-order chi connectivity index (χ1) is 6.75. The van der Waals surface area contributed by atoms with E-state index in [1.165, 1.54) is 6.07 Å². The molecule has 0 bridgehead atoms. The van der Waals surface area contributed by atoms with E-state index in [1.807, 2.05) is 6.07 Å². The summed E-state index contributed by atoms with van der Waals surface area (Å²) < 4.78 is 0.827. The molecule has 0 aliphatic heterocycles. The van der Waals surface area contributed by atoms with Crippen LogP contribution in [0.15, 0.2) is 24.3 Å². The minimum absolute atomic E-state index is 0.199. The normalized spacial score (nSPS) is 10.2. The van der Waals surface area contributed by atoms with Gasteiger partial charge in [0.15, 0.2) is 0 Å². The predicted molar refractivity (Wildman–Crippen MR) is 54.9 cm³/mol. The van der Waals surface area contributed by atoms with E-state index in [-0.39, 0.29) is 10.6 Å². The van der Waals surface area contributed by atoms with Crippen LogP contribution >= 0.6 is 0 Å². The predicted octanol–water partition coefficient (Wildman–Crippen LogP) is 0.989. The van der Waals surface area contributed by atoms with Gasteiger partial charge in [0.25, 0.3) is 0 Å². The molecular weight excluding hydrogens is 243 g/mol. The van der Waals surface area contributed by atoms with Gasteiger partial charge in [0.05, 0.1) is 0 Å². The van der Waals surface area contributed by atoms with E-state index in [1.54, 1.807) is 18.2 Å². The van der Waals surface area contributed by atoms with Gasteiger partial charge in [-0.15, -0.1) is 0 Å². The fourth-order valence-corrected chi connectivity index (χ4v) is 3.29. The summed E-state index contributed by atoms with van der Waals surface area (Å²) in [6.45, 7) is 0. The van der Waals surface area contributed by atoms with E-state index in [9.17, 15) is 10.1 Å². The van der Waals surface area contributed by atoms with Crippen molar-refractivity contribution < 1.29 is 4.92 Å². The molecule has 0 heterocycles. The number of benzene rings is 1. The Morgan fingerprint density at radius 2 is 2.21 bits per heavy atom. The van der Waals surface area contributed by atoms with Gasteiger partial charge in [-0.05, 0) is 0 Å². The van der Waals surface area contributed by atoms with Gasteiger partial charge in [0, 0.05) is 0 Å². The van der Waals surface area contributed by atoms with Crippen molar-refractivity contribution in [3.8, 4) is 6.07 Å². The third kappa shape index (κ3) is 2.86. The van der Waals surface area contributed by atoms with E-state index in [2.05, 4.69) is 0 Å². The number of para-hydroxylation sites is 1. The van der Waals surface area contributed by atoms with Crippen LogP contribution in [-0.2, 0) is 0 Å². The third-order valence-corrected chi connectivity index (χ3v) is 4.39. The van der Waals surface area contributed by atoms with Gasteiger partial charge < -0.3 is 0 Å². The summed E-state index contributed by atoms with van der Waals surface area (Å²) in [7, 11) is 0. The molecule has 1 aromatic rings. The standard InChI is InChI=1S/C9H9AsN2O2/c11-7-3-6-10-8-4-1-2-5-9(8)12(13)14/h1-2,4-5,10H,3,6H2. The molecule has 0 saturated carbocycles. The quantitative estimate of drug-likeness (QED) is 0.347. The monoisotopic (exact) mass is 252 g/mol. The zero-order valence-corrected chi connectivity index (χ0v) is 9.53. The average molecular weight is 252 g/mol. The van der Waals surface area contributed by atoms with Gasteiger partial charge in [-0.3, -0.25) is 0 Å². The molecule has 0 aromatic heterocycles. The van der Waals surface area contributed by atoms with Gasteiger partial charge in [-0.1, -0.05) is 0 Å². The van der Waals surface area contributed by atoms with Crippen molar-refractivity contribution in [3.05, 3.63) is 34.4 Å². The zero-order valence-electron chi connectivity index (χ0n) is 7.43. The molecule has 0 N–H and O–H groups in total. The van der Waals surface area contributed by atoms with Gasteiger partial charge in [-0.25, -0.2) is 0 Å². The van der Waals surface area contributed by atoms with Gasteiger partial charge in [0.2, 0.25) is 0 Å². The van der Waals surface area contributed by atoms with Crippen LogP contribution in [0.2, 0.25) is 5.21 Å². The Kier molecular flexibility index (Phi) is 4.15. The summed E-state index contributed by atoms with van der Waals surface area (Å²) in [6, 6.07) is 8.82. The van der Waals surface area contributed by atoms with E-state index in [0.717, 1.165) is 9.56 Å². The Labute approximate surface area is 88.4 Å². The van der Waals surface area contributed by atoms with Crippen LogP contribution in [0.1, 0.15) is 6.42 Å². The number of hydrogen-bond donors (Lipinski definition) is 0. The summed E-state index contributed by atoms with van der Waals surface area (Å²) in [4.78, 5) is 10.3. The minimum atomic E-state index is -0.534. The molecule has 1 atom stereocenters. The third-order valence-electron chi connectivity index (χ3n) is 1.65. The number of rotatable bonds is 4. The van der Waals surface area contributed by atoms with Crippen LogP contribution in [0, 0.1) is 21.4 Å². The summed E-state index contributed by atoms with van der Waals surface area (Å²) in [6.07, 6.45) is 0.492. The Morgan fingerprint density at radius 1 is 1.50 bits per heavy atom. The molecule has 0 radical (unpaired) electrons. The van der Waals surface area contributed by atoms with E-state index in [4.69, 9.17) is 5.26 Å². The summed E-state index contributed by atoms with van der Waals surface area (Å²) in [5.74, 6) is 0. The van der Waals surface area contributed by atoms with Crippen LogP contribution in [0.3, 0.4) is 0 Å². The van der Waals surface area contributed by atoms with Crippen molar-refractivity contribution in [2.45, 2.75) is 11.6 Å². The topological polar surface area (TPSA) is 66.9 Å². The van der Waals surface area contributed by atoms with Crippen molar-refractivity contribution in [1.29, 1.82) is 5.26 Å². The SMILES string of the molecule is N#CCC[AsH]c1ccccc1[N+](=O)[O-]. The maximum atomic E-state index is 10.6. The second kappa shape index (κ2) is 5.41. The fourth-order valence-electron chi connectivity index (χ4n) is 1.04. The first-order valence-corrected chi connectivity index (χ1v) is 6.63. The van der Waals surface area contributed by atoms with Crippen molar-refractivity contribution in [2.24, 2.45) is 0 Å². The van der Waals surface area contributed by atoms with Crippen LogP contribution in [0.4, 0.5) is 5.69 Å². The maximum absolute atomic E-state index is 10.6. The van der Waals surface area contributed by atoms with Crippen molar-refractivity contribution in [2.75, 3.05) is 0 Å². The number of hydrogen-bond acceptors (Lipinski definition) is 3. The molecule has 0 aliphatic carbocycles. The molecule has 0 aliphatic rings. The summed E-state index contributed by atoms with van der Waals surface area (Å²) in [5, 5.41) is 19.8. The molecule has 1 unspecified atom stereocenters. The molecule has 1 rings (SSSR count). The Bertz CT molecular complexity index is 373. The van der Waals surface area contributed by atoms with E-state index in [0.29, 0.717) is 6.42 Å². The summed E-state index contributed by atoms with van der Waals surface area (Å²) in [5.41, 5.74) is 0.199. The number of nitro groups is 1. The molecule has 0 saturated heterocycles. The van der Waals surface area contributed by atoms with Crippen molar-refractivity contribution >= 4 is 25.8 Å². The van der Waals surface area contributed by atoms with E-state index >= 15 is 0 Å². The van der Waals surface area contributed by atoms with Crippen LogP contribution < -0.4 is 4.35 Å². The van der Waals surface area contributed by atoms with Gasteiger partial charge >= 0.3 is 88.1 Å². The number of nitriles is 1. The van der Waals surface area contributed by atoms with Gasteiger partial charge in [-0.2, -0.15) is 0 Å². The molecule has 72 valence electrons. The molecule has 0 fully saturated rings.